The maximum atomic E-state index is 5.88. The summed E-state index contributed by atoms with van der Waals surface area (Å²) in [7, 11) is 2.12. The number of rotatable bonds is 6. The molecule has 1 aliphatic carbocycles. The SMILES string of the molecule is CN(Cc1cc(-c2ccccc2)on1)C(CN)C1CC1.Cl. The van der Waals surface area contributed by atoms with Crippen molar-refractivity contribution in [2.45, 2.75) is 25.4 Å². The quantitative estimate of drug-likeness (QED) is 0.891. The molecule has 1 unspecified atom stereocenters. The molecule has 1 aromatic heterocycles. The van der Waals surface area contributed by atoms with Gasteiger partial charge in [0.05, 0.1) is 5.69 Å². The van der Waals surface area contributed by atoms with Gasteiger partial charge in [0.1, 0.15) is 0 Å². The van der Waals surface area contributed by atoms with Gasteiger partial charge in [0.2, 0.25) is 0 Å². The summed E-state index contributed by atoms with van der Waals surface area (Å²) < 4.78 is 5.43. The number of hydrogen-bond donors (Lipinski definition) is 1. The molecule has 21 heavy (non-hydrogen) atoms. The smallest absolute Gasteiger partial charge is 0.167 e. The third-order valence-electron chi connectivity index (χ3n) is 4.00. The van der Waals surface area contributed by atoms with Gasteiger partial charge in [0.15, 0.2) is 5.76 Å². The molecule has 1 saturated carbocycles. The lowest BCUT2D eigenvalue weighted by atomic mass is 10.1. The molecule has 1 heterocycles. The first-order valence-corrected chi connectivity index (χ1v) is 7.19. The third kappa shape index (κ3) is 3.84. The van der Waals surface area contributed by atoms with E-state index in [1.54, 1.807) is 0 Å². The fraction of sp³-hybridized carbons (Fsp3) is 0.438. The fourth-order valence-corrected chi connectivity index (χ4v) is 2.71. The molecule has 0 bridgehead atoms. The Balaban J connectivity index is 0.00000161. The topological polar surface area (TPSA) is 55.3 Å². The van der Waals surface area contributed by atoms with Crippen LogP contribution in [0.15, 0.2) is 40.9 Å². The van der Waals surface area contributed by atoms with Crippen molar-refractivity contribution in [3.05, 3.63) is 42.1 Å². The second kappa shape index (κ2) is 7.07. The molecule has 0 radical (unpaired) electrons. The standard InChI is InChI=1S/C16H21N3O.ClH/c1-19(15(10-17)12-7-8-12)11-14-9-16(20-18-14)13-5-3-2-4-6-13;/h2-6,9,12,15H,7-8,10-11,17H2,1H3;1H. The van der Waals surface area contributed by atoms with E-state index in [0.717, 1.165) is 29.5 Å². The summed E-state index contributed by atoms with van der Waals surface area (Å²) in [6, 6.07) is 12.5. The van der Waals surface area contributed by atoms with E-state index in [1.165, 1.54) is 12.8 Å². The Bertz CT molecular complexity index is 554. The number of aromatic nitrogens is 1. The Morgan fingerprint density at radius 1 is 1.33 bits per heavy atom. The van der Waals surface area contributed by atoms with Gasteiger partial charge in [0, 0.05) is 30.8 Å². The van der Waals surface area contributed by atoms with Crippen LogP contribution >= 0.6 is 12.4 Å². The van der Waals surface area contributed by atoms with Crippen molar-refractivity contribution < 1.29 is 4.52 Å². The Morgan fingerprint density at radius 3 is 2.67 bits per heavy atom. The molecule has 1 aliphatic rings. The van der Waals surface area contributed by atoms with Crippen molar-refractivity contribution in [3.63, 3.8) is 0 Å². The maximum Gasteiger partial charge on any atom is 0.167 e. The highest BCUT2D eigenvalue weighted by Crippen LogP contribution is 2.35. The van der Waals surface area contributed by atoms with Crippen LogP contribution in [-0.4, -0.2) is 29.7 Å². The fourth-order valence-electron chi connectivity index (χ4n) is 2.71. The maximum absolute atomic E-state index is 5.88. The Labute approximate surface area is 131 Å². The number of likely N-dealkylation sites (N-methyl/N-ethyl adjacent to an activating group) is 1. The minimum atomic E-state index is 0. The van der Waals surface area contributed by atoms with E-state index in [9.17, 15) is 0 Å². The van der Waals surface area contributed by atoms with Crippen LogP contribution in [0.2, 0.25) is 0 Å². The lowest BCUT2D eigenvalue weighted by Gasteiger charge is -2.25. The van der Waals surface area contributed by atoms with Crippen LogP contribution in [0.25, 0.3) is 11.3 Å². The van der Waals surface area contributed by atoms with Crippen LogP contribution in [0.4, 0.5) is 0 Å². The molecule has 4 nitrogen and oxygen atoms in total. The van der Waals surface area contributed by atoms with E-state index in [-0.39, 0.29) is 12.4 Å². The molecule has 2 N–H and O–H groups in total. The van der Waals surface area contributed by atoms with Crippen molar-refractivity contribution >= 4 is 12.4 Å². The molecular weight excluding hydrogens is 286 g/mol. The van der Waals surface area contributed by atoms with Crippen LogP contribution in [0.5, 0.6) is 0 Å². The first-order valence-electron chi connectivity index (χ1n) is 7.19. The van der Waals surface area contributed by atoms with E-state index in [4.69, 9.17) is 10.3 Å². The number of hydrogen-bond acceptors (Lipinski definition) is 4. The number of nitrogens with two attached hydrogens (primary N) is 1. The average Bonchev–Trinajstić information content (AvgIpc) is 3.19. The largest absolute Gasteiger partial charge is 0.356 e. The van der Waals surface area contributed by atoms with E-state index >= 15 is 0 Å². The molecule has 2 aromatic rings. The van der Waals surface area contributed by atoms with Gasteiger partial charge in [-0.3, -0.25) is 4.90 Å². The van der Waals surface area contributed by atoms with Gasteiger partial charge in [-0.1, -0.05) is 35.5 Å². The zero-order chi connectivity index (χ0) is 13.9. The van der Waals surface area contributed by atoms with Crippen LogP contribution < -0.4 is 5.73 Å². The minimum absolute atomic E-state index is 0. The summed E-state index contributed by atoms with van der Waals surface area (Å²) >= 11 is 0. The van der Waals surface area contributed by atoms with Crippen molar-refractivity contribution in [1.29, 1.82) is 0 Å². The van der Waals surface area contributed by atoms with Gasteiger partial charge in [-0.05, 0) is 25.8 Å². The highest BCUT2D eigenvalue weighted by molar-refractivity contribution is 5.85. The van der Waals surface area contributed by atoms with E-state index in [1.807, 2.05) is 36.4 Å². The first-order chi connectivity index (χ1) is 9.78. The van der Waals surface area contributed by atoms with Gasteiger partial charge < -0.3 is 10.3 Å². The third-order valence-corrected chi connectivity index (χ3v) is 4.00. The summed E-state index contributed by atoms with van der Waals surface area (Å²) in [6.07, 6.45) is 2.61. The summed E-state index contributed by atoms with van der Waals surface area (Å²) in [5.74, 6) is 1.59. The van der Waals surface area contributed by atoms with Gasteiger partial charge >= 0.3 is 0 Å². The zero-order valence-corrected chi connectivity index (χ0v) is 13.1. The highest BCUT2D eigenvalue weighted by atomic mass is 35.5. The molecule has 0 spiro atoms. The highest BCUT2D eigenvalue weighted by Gasteiger charge is 2.33. The predicted octanol–water partition coefficient (Wildman–Crippen LogP) is 2.93. The van der Waals surface area contributed by atoms with Crippen LogP contribution in [-0.2, 0) is 6.54 Å². The number of nitrogens with zero attached hydrogens (tertiary/aromatic N) is 2. The molecule has 1 aromatic carbocycles. The van der Waals surface area contributed by atoms with Crippen LogP contribution in [0, 0.1) is 5.92 Å². The van der Waals surface area contributed by atoms with E-state index in [2.05, 4.69) is 17.1 Å². The number of benzene rings is 1. The average molecular weight is 308 g/mol. The monoisotopic (exact) mass is 307 g/mol. The van der Waals surface area contributed by atoms with Gasteiger partial charge in [0.25, 0.3) is 0 Å². The van der Waals surface area contributed by atoms with E-state index < -0.39 is 0 Å². The second-order valence-electron chi connectivity index (χ2n) is 5.60. The Hall–Kier alpha value is -1.36. The van der Waals surface area contributed by atoms with Gasteiger partial charge in [-0.15, -0.1) is 12.4 Å². The van der Waals surface area contributed by atoms with Crippen LogP contribution in [0.1, 0.15) is 18.5 Å². The summed E-state index contributed by atoms with van der Waals surface area (Å²) in [5.41, 5.74) is 7.90. The molecule has 1 fully saturated rings. The molecule has 1 atom stereocenters. The molecule has 3 rings (SSSR count). The number of halogens is 1. The Kier molecular flexibility index (Phi) is 5.39. The Morgan fingerprint density at radius 2 is 2.05 bits per heavy atom. The predicted molar refractivity (Wildman–Crippen MR) is 86.2 cm³/mol. The lowest BCUT2D eigenvalue weighted by Crippen LogP contribution is -2.39. The zero-order valence-electron chi connectivity index (χ0n) is 12.2. The van der Waals surface area contributed by atoms with Crippen LogP contribution in [0.3, 0.4) is 0 Å². The molecule has 0 saturated heterocycles. The molecular formula is C16H22ClN3O. The minimum Gasteiger partial charge on any atom is -0.356 e. The lowest BCUT2D eigenvalue weighted by molar-refractivity contribution is 0.210. The molecule has 5 heteroatoms. The van der Waals surface area contributed by atoms with Gasteiger partial charge in [-0.25, -0.2) is 0 Å². The van der Waals surface area contributed by atoms with Crippen molar-refractivity contribution in [2.24, 2.45) is 11.7 Å². The normalized spacial score (nSPS) is 15.8. The summed E-state index contributed by atoms with van der Waals surface area (Å²) in [5, 5.41) is 4.17. The summed E-state index contributed by atoms with van der Waals surface area (Å²) in [4.78, 5) is 2.30. The first kappa shape index (κ1) is 16.0. The van der Waals surface area contributed by atoms with Crippen molar-refractivity contribution in [3.8, 4) is 11.3 Å². The van der Waals surface area contributed by atoms with E-state index in [0.29, 0.717) is 12.6 Å². The van der Waals surface area contributed by atoms with Gasteiger partial charge in [-0.2, -0.15) is 0 Å². The molecule has 114 valence electrons. The molecule has 0 amide bonds. The molecule has 0 aliphatic heterocycles. The van der Waals surface area contributed by atoms with Crippen molar-refractivity contribution in [1.82, 2.24) is 10.1 Å². The second-order valence-corrected chi connectivity index (χ2v) is 5.60. The van der Waals surface area contributed by atoms with Crippen molar-refractivity contribution in [2.75, 3.05) is 13.6 Å². The summed E-state index contributed by atoms with van der Waals surface area (Å²) in [6.45, 7) is 1.50.